The van der Waals surface area contributed by atoms with E-state index < -0.39 is 6.17 Å². The van der Waals surface area contributed by atoms with Crippen LogP contribution in [0.1, 0.15) is 16.7 Å². The molecule has 1 amide bonds. The molecule has 9 heteroatoms. The minimum Gasteiger partial charge on any atom is -0.378 e. The maximum absolute atomic E-state index is 13.6. The van der Waals surface area contributed by atoms with Crippen LogP contribution in [0.15, 0.2) is 76.4 Å². The van der Waals surface area contributed by atoms with Crippen LogP contribution in [0.4, 0.5) is 17.1 Å². The maximum Gasteiger partial charge on any atom is 0.273 e. The molecular weight excluding hydrogens is 526 g/mol. The lowest BCUT2D eigenvalue weighted by atomic mass is 10.0. The van der Waals surface area contributed by atoms with E-state index in [0.29, 0.717) is 5.11 Å². The number of hydrogen-bond acceptors (Lipinski definition) is 6. The number of morpholine rings is 1. The number of nitrogens with zero attached hydrogens (tertiary/aromatic N) is 3. The molecule has 3 N–H and O–H groups in total. The smallest absolute Gasteiger partial charge is 0.273 e. The number of aryl methyl sites for hydroxylation is 1. The van der Waals surface area contributed by atoms with Crippen LogP contribution in [0, 0.1) is 6.92 Å². The summed E-state index contributed by atoms with van der Waals surface area (Å²) in [6.45, 7) is 5.26. The molecule has 39 heavy (non-hydrogen) atoms. The molecule has 3 heterocycles. The Balaban J connectivity index is 1.30. The first-order valence-corrected chi connectivity index (χ1v) is 14.3. The Morgan fingerprint density at radius 2 is 1.85 bits per heavy atom. The number of anilines is 2. The van der Waals surface area contributed by atoms with Crippen LogP contribution in [-0.4, -0.2) is 56.2 Å². The predicted octanol–water partition coefficient (Wildman–Crippen LogP) is 3.96. The first-order chi connectivity index (χ1) is 19.0. The molecule has 1 fully saturated rings. The van der Waals surface area contributed by atoms with Gasteiger partial charge in [0, 0.05) is 71.4 Å². The zero-order valence-corrected chi connectivity index (χ0v) is 23.5. The van der Waals surface area contributed by atoms with E-state index in [4.69, 9.17) is 21.9 Å². The third kappa shape index (κ3) is 5.06. The van der Waals surface area contributed by atoms with Crippen LogP contribution in [-0.2, 0) is 9.53 Å². The minimum absolute atomic E-state index is 0.159. The highest BCUT2D eigenvalue weighted by atomic mass is 32.1. The molecule has 0 bridgehead atoms. The third-order valence-corrected chi connectivity index (χ3v) is 8.16. The van der Waals surface area contributed by atoms with Crippen molar-refractivity contribution in [3.63, 3.8) is 0 Å². The Morgan fingerprint density at radius 1 is 1.08 bits per heavy atom. The standard InChI is InChI=1S/C30H29N5O2S2/c1-19-7-9-25-23(17-19)27(20-11-16-39-18-20)32-28(29(36)34(25)2)33-30(38)31-24-8-10-26(35-12-14-37-15-13-35)22-6-4-3-5-21(22)24/h3-11,16-18,28H,12-15H2,1-2H3,(H2,31,33,38)/p+1. The van der Waals surface area contributed by atoms with E-state index in [2.05, 4.69) is 52.0 Å². The van der Waals surface area contributed by atoms with Crippen molar-refractivity contribution in [2.24, 2.45) is 4.99 Å². The predicted molar refractivity (Wildman–Crippen MR) is 163 cm³/mol. The number of thiophene rings is 1. The van der Waals surface area contributed by atoms with Crippen LogP contribution in [0.5, 0.6) is 0 Å². The summed E-state index contributed by atoms with van der Waals surface area (Å²) in [4.78, 5) is 22.6. The summed E-state index contributed by atoms with van der Waals surface area (Å²) in [5, 5.41) is 12.0. The summed E-state index contributed by atoms with van der Waals surface area (Å²) in [6.07, 6.45) is -0.847. The number of nitrogens with two attached hydrogens (primary N) is 1. The molecular formula is C30H30N5O2S2+. The quantitative estimate of drug-likeness (QED) is 0.294. The lowest BCUT2D eigenvalue weighted by molar-refractivity contribution is -0.442. The third-order valence-electron chi connectivity index (χ3n) is 7.24. The van der Waals surface area contributed by atoms with Gasteiger partial charge in [-0.25, -0.2) is 4.99 Å². The molecule has 1 saturated heterocycles. The minimum atomic E-state index is -0.847. The van der Waals surface area contributed by atoms with E-state index in [1.165, 1.54) is 11.1 Å². The number of thiocarbonyl (C=S) groups is 1. The molecule has 198 valence electrons. The molecule has 1 aromatic heterocycles. The van der Waals surface area contributed by atoms with Gasteiger partial charge in [0.05, 0.1) is 24.6 Å². The van der Waals surface area contributed by atoms with Crippen LogP contribution in [0.25, 0.3) is 10.8 Å². The number of benzodiazepines with no additional fused rings is 1. The number of fused-ring (bicyclic) bond motifs is 2. The summed E-state index contributed by atoms with van der Waals surface area (Å²) in [5.41, 5.74) is 6.85. The summed E-state index contributed by atoms with van der Waals surface area (Å²) < 4.78 is 5.55. The summed E-state index contributed by atoms with van der Waals surface area (Å²) >= 11 is 7.40. The largest absolute Gasteiger partial charge is 0.378 e. The van der Waals surface area contributed by atoms with E-state index in [9.17, 15) is 4.79 Å². The maximum atomic E-state index is 13.6. The monoisotopic (exact) mass is 556 g/mol. The second-order valence-electron chi connectivity index (χ2n) is 9.78. The number of likely N-dealkylation sites (N-methyl/N-ethyl adjacent to an activating group) is 1. The normalized spacial score (nSPS) is 17.5. The van der Waals surface area contributed by atoms with Gasteiger partial charge in [0.1, 0.15) is 5.69 Å². The zero-order valence-electron chi connectivity index (χ0n) is 21.9. The molecule has 2 aliphatic heterocycles. The topological polar surface area (TPSA) is 73.8 Å². The molecule has 0 saturated carbocycles. The van der Waals surface area contributed by atoms with Crippen LogP contribution < -0.4 is 20.4 Å². The van der Waals surface area contributed by atoms with Crippen LogP contribution in [0.2, 0.25) is 0 Å². The fourth-order valence-electron chi connectivity index (χ4n) is 5.24. The number of benzene rings is 3. The van der Waals surface area contributed by atoms with Gasteiger partial charge >= 0.3 is 0 Å². The van der Waals surface area contributed by atoms with E-state index in [-0.39, 0.29) is 5.91 Å². The van der Waals surface area contributed by atoms with Crippen molar-refractivity contribution in [2.45, 2.75) is 13.1 Å². The summed E-state index contributed by atoms with van der Waals surface area (Å²) in [6, 6.07) is 20.7. The molecule has 6 rings (SSSR count). The van der Waals surface area contributed by atoms with Gasteiger partial charge in [-0.2, -0.15) is 11.3 Å². The highest BCUT2D eigenvalue weighted by molar-refractivity contribution is 7.79. The number of carbonyl (C=O) groups is 1. The molecule has 0 radical (unpaired) electrons. The summed E-state index contributed by atoms with van der Waals surface area (Å²) in [5.74, 6) is -0.159. The second kappa shape index (κ2) is 10.9. The fourth-order valence-corrected chi connectivity index (χ4v) is 6.12. The van der Waals surface area contributed by atoms with Gasteiger partial charge in [0.15, 0.2) is 0 Å². The van der Waals surface area contributed by atoms with Gasteiger partial charge in [-0.3, -0.25) is 10.1 Å². The van der Waals surface area contributed by atoms with Gasteiger partial charge in [-0.05, 0) is 42.6 Å². The zero-order chi connectivity index (χ0) is 26.9. The van der Waals surface area contributed by atoms with Crippen molar-refractivity contribution in [3.05, 3.63) is 88.1 Å². The van der Waals surface area contributed by atoms with Gasteiger partial charge < -0.3 is 19.9 Å². The molecule has 0 aliphatic carbocycles. The second-order valence-corrected chi connectivity index (χ2v) is 11.0. The SMILES string of the molecule is Cc1ccc2c(c1)C(c1ccsc1)=NC(NC(=S)[NH2+]c1ccc(N3CCOCC3)c3ccccc13)C(=O)N2C. The van der Waals surface area contributed by atoms with Crippen molar-refractivity contribution >= 4 is 68.1 Å². The molecule has 2 aliphatic rings. The highest BCUT2D eigenvalue weighted by Gasteiger charge is 2.31. The van der Waals surface area contributed by atoms with E-state index in [1.54, 1.807) is 23.3 Å². The molecule has 1 unspecified atom stereocenters. The number of ether oxygens (including phenoxy) is 1. The average Bonchev–Trinajstić information content (AvgIpc) is 3.47. The molecule has 3 aromatic carbocycles. The first kappa shape index (κ1) is 25.6. The van der Waals surface area contributed by atoms with Crippen molar-refractivity contribution in [1.82, 2.24) is 5.32 Å². The Labute approximate surface area is 237 Å². The van der Waals surface area contributed by atoms with Gasteiger partial charge in [-0.15, -0.1) is 0 Å². The van der Waals surface area contributed by atoms with E-state index >= 15 is 0 Å². The van der Waals surface area contributed by atoms with E-state index in [0.717, 1.165) is 65.5 Å². The number of quaternary nitrogens is 1. The average molecular weight is 557 g/mol. The number of nitrogens with one attached hydrogen (secondary N) is 1. The number of amides is 1. The van der Waals surface area contributed by atoms with E-state index in [1.807, 2.05) is 41.9 Å². The molecule has 1 atom stereocenters. The highest BCUT2D eigenvalue weighted by Crippen LogP contribution is 2.31. The Morgan fingerprint density at radius 3 is 2.62 bits per heavy atom. The fraction of sp³-hybridized carbons (Fsp3) is 0.233. The van der Waals surface area contributed by atoms with Crippen molar-refractivity contribution in [3.8, 4) is 0 Å². The summed E-state index contributed by atoms with van der Waals surface area (Å²) in [7, 11) is 1.79. The molecule has 4 aromatic rings. The first-order valence-electron chi connectivity index (χ1n) is 13.0. The van der Waals surface area contributed by atoms with Crippen LogP contribution >= 0.6 is 23.6 Å². The van der Waals surface area contributed by atoms with Crippen LogP contribution in [0.3, 0.4) is 0 Å². The number of rotatable bonds is 4. The Hall–Kier alpha value is -3.63. The lowest BCUT2D eigenvalue weighted by Gasteiger charge is -2.30. The van der Waals surface area contributed by atoms with Crippen molar-refractivity contribution in [1.29, 1.82) is 0 Å². The molecule has 0 spiro atoms. The van der Waals surface area contributed by atoms with Crippen molar-refractivity contribution < 1.29 is 14.8 Å². The Kier molecular flexibility index (Phi) is 7.14. The Bertz CT molecular complexity index is 1580. The lowest BCUT2D eigenvalue weighted by Crippen LogP contribution is -2.86. The number of hydrogen-bond donors (Lipinski definition) is 2. The molecule has 7 nitrogen and oxygen atoms in total. The number of carbonyl (C=O) groups excluding carboxylic acids is 1. The van der Waals surface area contributed by atoms with Crippen molar-refractivity contribution in [2.75, 3.05) is 43.2 Å². The van der Waals surface area contributed by atoms with Gasteiger partial charge in [0.25, 0.3) is 11.0 Å². The number of aliphatic imine (C=N–C) groups is 1. The van der Waals surface area contributed by atoms with Gasteiger partial charge in [0.2, 0.25) is 6.17 Å². The van der Waals surface area contributed by atoms with Gasteiger partial charge in [-0.1, -0.05) is 29.8 Å².